The van der Waals surface area contributed by atoms with Crippen molar-refractivity contribution in [3.63, 3.8) is 0 Å². The lowest BCUT2D eigenvalue weighted by molar-refractivity contribution is -0.142. The number of nitrogens with zero attached hydrogens (tertiary/aromatic N) is 1. The van der Waals surface area contributed by atoms with Crippen molar-refractivity contribution in [1.82, 2.24) is 15.5 Å². The zero-order valence-electron chi connectivity index (χ0n) is 20.3. The predicted molar refractivity (Wildman–Crippen MR) is 123 cm³/mol. The number of benzene rings is 1. The number of rotatable bonds is 9. The van der Waals surface area contributed by atoms with Crippen LogP contribution in [0.4, 0.5) is 4.79 Å². The Balaban J connectivity index is 3.20. The highest BCUT2D eigenvalue weighted by molar-refractivity contribution is 5.91. The molecule has 1 rings (SSSR count). The van der Waals surface area contributed by atoms with Crippen molar-refractivity contribution in [2.45, 2.75) is 85.9 Å². The molecule has 2 N–H and O–H groups in total. The van der Waals surface area contributed by atoms with Gasteiger partial charge < -0.3 is 20.3 Å². The second-order valence-corrected chi connectivity index (χ2v) is 9.09. The van der Waals surface area contributed by atoms with E-state index >= 15 is 0 Å². The second-order valence-electron chi connectivity index (χ2n) is 9.09. The molecule has 1 unspecified atom stereocenters. The van der Waals surface area contributed by atoms with Crippen molar-refractivity contribution in [3.8, 4) is 0 Å². The summed E-state index contributed by atoms with van der Waals surface area (Å²) in [5.41, 5.74) is 2.14. The Morgan fingerprint density at radius 1 is 1.10 bits per heavy atom. The van der Waals surface area contributed by atoms with Crippen LogP contribution in [-0.4, -0.2) is 47.5 Å². The zero-order valence-corrected chi connectivity index (χ0v) is 20.3. The molecule has 1 aromatic rings. The van der Waals surface area contributed by atoms with Crippen LogP contribution in [0.25, 0.3) is 0 Å². The van der Waals surface area contributed by atoms with Gasteiger partial charge in [0.05, 0.1) is 0 Å². The average molecular weight is 434 g/mol. The van der Waals surface area contributed by atoms with Crippen LogP contribution in [-0.2, 0) is 14.3 Å². The van der Waals surface area contributed by atoms with Gasteiger partial charge in [-0.3, -0.25) is 9.59 Å². The van der Waals surface area contributed by atoms with Gasteiger partial charge in [-0.25, -0.2) is 4.79 Å². The van der Waals surface area contributed by atoms with Gasteiger partial charge in [0.25, 0.3) is 0 Å². The molecule has 174 valence electrons. The average Bonchev–Trinajstić information content (AvgIpc) is 2.65. The highest BCUT2D eigenvalue weighted by atomic mass is 16.6. The monoisotopic (exact) mass is 433 g/mol. The van der Waals surface area contributed by atoms with Crippen LogP contribution in [0.3, 0.4) is 0 Å². The molecule has 0 aromatic heterocycles. The van der Waals surface area contributed by atoms with Crippen molar-refractivity contribution < 1.29 is 19.1 Å². The van der Waals surface area contributed by atoms with E-state index in [1.165, 1.54) is 0 Å². The number of ether oxygens (including phenoxy) is 1. The van der Waals surface area contributed by atoms with E-state index in [4.69, 9.17) is 4.74 Å². The van der Waals surface area contributed by atoms with Gasteiger partial charge in [0.15, 0.2) is 0 Å². The van der Waals surface area contributed by atoms with Crippen LogP contribution in [0.5, 0.6) is 0 Å². The lowest BCUT2D eigenvalue weighted by Gasteiger charge is -2.35. The lowest BCUT2D eigenvalue weighted by atomic mass is 9.94. The van der Waals surface area contributed by atoms with E-state index in [-0.39, 0.29) is 24.4 Å². The first-order valence-corrected chi connectivity index (χ1v) is 11.0. The maximum Gasteiger partial charge on any atom is 0.408 e. The molecule has 0 aliphatic rings. The van der Waals surface area contributed by atoms with E-state index in [0.29, 0.717) is 6.54 Å². The zero-order chi connectivity index (χ0) is 23.8. The number of carbonyl (C=O) groups is 3. The van der Waals surface area contributed by atoms with E-state index in [9.17, 15) is 14.4 Å². The largest absolute Gasteiger partial charge is 0.444 e. The molecule has 0 aliphatic carbocycles. The minimum atomic E-state index is -0.787. The van der Waals surface area contributed by atoms with Crippen molar-refractivity contribution in [2.75, 3.05) is 13.1 Å². The van der Waals surface area contributed by atoms with E-state index in [0.717, 1.165) is 29.5 Å². The van der Waals surface area contributed by atoms with Gasteiger partial charge in [-0.05, 0) is 71.6 Å². The summed E-state index contributed by atoms with van der Waals surface area (Å²) in [4.78, 5) is 40.0. The molecule has 0 saturated heterocycles. The van der Waals surface area contributed by atoms with E-state index in [1.54, 1.807) is 25.7 Å². The number of carbonyl (C=O) groups excluding carboxylic acids is 3. The van der Waals surface area contributed by atoms with Gasteiger partial charge >= 0.3 is 6.09 Å². The van der Waals surface area contributed by atoms with Gasteiger partial charge in [-0.15, -0.1) is 0 Å². The number of hydrogen-bond donors (Lipinski definition) is 2. The van der Waals surface area contributed by atoms with Crippen LogP contribution in [0.2, 0.25) is 0 Å². The summed E-state index contributed by atoms with van der Waals surface area (Å²) in [7, 11) is 0. The highest BCUT2D eigenvalue weighted by Gasteiger charge is 2.34. The number of unbranched alkanes of at least 4 members (excludes halogenated alkanes) is 1. The van der Waals surface area contributed by atoms with E-state index < -0.39 is 17.7 Å². The first-order chi connectivity index (χ1) is 14.4. The molecule has 7 heteroatoms. The third-order valence-corrected chi connectivity index (χ3v) is 4.92. The van der Waals surface area contributed by atoms with Gasteiger partial charge in [0.1, 0.15) is 18.2 Å². The Morgan fingerprint density at radius 2 is 1.74 bits per heavy atom. The molecule has 0 spiro atoms. The standard InChI is InChI=1S/C24H39N3O4/c1-9-10-14-25-22(29)21(19-13-11-12-17(4)18(19)5)27(16(2)3)20(28)15-26-23(30)31-24(6,7)8/h11-13,16,21H,9-10,14-15H2,1-8H3,(H,25,29)(H,26,30). The molecule has 31 heavy (non-hydrogen) atoms. The van der Waals surface area contributed by atoms with E-state index in [1.807, 2.05) is 45.9 Å². The summed E-state index contributed by atoms with van der Waals surface area (Å²) in [6.45, 7) is 15.3. The third kappa shape index (κ3) is 8.23. The minimum Gasteiger partial charge on any atom is -0.444 e. The topological polar surface area (TPSA) is 87.7 Å². The summed E-state index contributed by atoms with van der Waals surface area (Å²) in [6.07, 6.45) is 1.16. The normalized spacial score (nSPS) is 12.3. The van der Waals surface area contributed by atoms with Crippen molar-refractivity contribution in [2.24, 2.45) is 0 Å². The van der Waals surface area contributed by atoms with Gasteiger partial charge in [-0.1, -0.05) is 31.5 Å². The Kier molecular flexibility index (Phi) is 10.0. The predicted octanol–water partition coefficient (Wildman–Crippen LogP) is 4.02. The Morgan fingerprint density at radius 3 is 2.29 bits per heavy atom. The van der Waals surface area contributed by atoms with Gasteiger partial charge in [0.2, 0.25) is 11.8 Å². The fraction of sp³-hybridized carbons (Fsp3) is 0.625. The fourth-order valence-corrected chi connectivity index (χ4v) is 3.26. The number of amides is 3. The quantitative estimate of drug-likeness (QED) is 0.576. The van der Waals surface area contributed by atoms with Crippen molar-refractivity contribution in [1.29, 1.82) is 0 Å². The van der Waals surface area contributed by atoms with Crippen LogP contribution < -0.4 is 10.6 Å². The van der Waals surface area contributed by atoms with Crippen molar-refractivity contribution >= 4 is 17.9 Å². The Hall–Kier alpha value is -2.57. The number of aryl methyl sites for hydroxylation is 1. The van der Waals surface area contributed by atoms with Crippen LogP contribution >= 0.6 is 0 Å². The molecular formula is C24H39N3O4. The van der Waals surface area contributed by atoms with Gasteiger partial charge in [-0.2, -0.15) is 0 Å². The Labute approximate surface area is 186 Å². The number of hydrogen-bond acceptors (Lipinski definition) is 4. The van der Waals surface area contributed by atoms with Crippen LogP contribution in [0.15, 0.2) is 18.2 Å². The number of alkyl carbamates (subject to hydrolysis) is 1. The van der Waals surface area contributed by atoms with E-state index in [2.05, 4.69) is 17.6 Å². The summed E-state index contributed by atoms with van der Waals surface area (Å²) >= 11 is 0. The highest BCUT2D eigenvalue weighted by Crippen LogP contribution is 2.28. The summed E-state index contributed by atoms with van der Waals surface area (Å²) < 4.78 is 5.22. The summed E-state index contributed by atoms with van der Waals surface area (Å²) in [5.74, 6) is -0.570. The maximum absolute atomic E-state index is 13.2. The van der Waals surface area contributed by atoms with Crippen LogP contribution in [0.1, 0.15) is 77.1 Å². The summed E-state index contributed by atoms with van der Waals surface area (Å²) in [5, 5.41) is 5.48. The maximum atomic E-state index is 13.2. The van der Waals surface area contributed by atoms with Crippen LogP contribution in [0, 0.1) is 13.8 Å². The molecule has 0 bridgehead atoms. The Bertz CT molecular complexity index is 769. The smallest absolute Gasteiger partial charge is 0.408 e. The molecule has 7 nitrogen and oxygen atoms in total. The molecule has 0 aliphatic heterocycles. The minimum absolute atomic E-state index is 0.221. The first kappa shape index (κ1) is 26.5. The van der Waals surface area contributed by atoms with Crippen molar-refractivity contribution in [3.05, 3.63) is 34.9 Å². The second kappa shape index (κ2) is 11.7. The molecule has 0 radical (unpaired) electrons. The molecule has 1 atom stereocenters. The fourth-order valence-electron chi connectivity index (χ4n) is 3.26. The number of nitrogens with one attached hydrogen (secondary N) is 2. The molecule has 0 fully saturated rings. The molecular weight excluding hydrogens is 394 g/mol. The molecule has 1 aromatic carbocycles. The SMILES string of the molecule is CCCCNC(=O)C(c1cccc(C)c1C)N(C(=O)CNC(=O)OC(C)(C)C)C(C)C. The third-order valence-electron chi connectivity index (χ3n) is 4.92. The molecule has 0 heterocycles. The lowest BCUT2D eigenvalue weighted by Crippen LogP contribution is -2.50. The molecule has 3 amide bonds. The first-order valence-electron chi connectivity index (χ1n) is 11.0. The molecule has 0 saturated carbocycles. The van der Waals surface area contributed by atoms with Gasteiger partial charge in [0, 0.05) is 12.6 Å². The summed E-state index contributed by atoms with van der Waals surface area (Å²) in [6, 6.07) is 4.72.